The Kier molecular flexibility index (Phi) is 5.40. The van der Waals surface area contributed by atoms with Gasteiger partial charge in [-0.15, -0.1) is 0 Å². The Hall–Kier alpha value is -0.160. The minimum absolute atomic E-state index is 0.335. The maximum absolute atomic E-state index is 9.62. The fourth-order valence-electron chi connectivity index (χ4n) is 1.64. The summed E-state index contributed by atoms with van der Waals surface area (Å²) in [6, 6.07) is 0. The van der Waals surface area contributed by atoms with Crippen LogP contribution in [-0.2, 0) is 4.74 Å². The van der Waals surface area contributed by atoms with E-state index in [1.807, 2.05) is 6.92 Å². The predicted molar refractivity (Wildman–Crippen MR) is 56.4 cm³/mol. The maximum atomic E-state index is 9.62. The Labute approximate surface area is 86.4 Å². The van der Waals surface area contributed by atoms with Crippen molar-refractivity contribution in [3.8, 4) is 0 Å². The summed E-state index contributed by atoms with van der Waals surface area (Å²) in [5.74, 6) is 0. The van der Waals surface area contributed by atoms with Crippen LogP contribution in [0.1, 0.15) is 6.92 Å². The molecule has 0 aromatic carbocycles. The lowest BCUT2D eigenvalue weighted by Crippen LogP contribution is -2.47. The molecule has 84 valence electrons. The van der Waals surface area contributed by atoms with Crippen molar-refractivity contribution in [3.05, 3.63) is 0 Å². The van der Waals surface area contributed by atoms with Gasteiger partial charge in [-0.2, -0.15) is 0 Å². The molecule has 1 fully saturated rings. The summed E-state index contributed by atoms with van der Waals surface area (Å²) in [7, 11) is 2.13. The molecule has 1 rings (SSSR count). The third-order valence-corrected chi connectivity index (χ3v) is 2.58. The molecular formula is C10H22N2O2. The molecule has 1 atom stereocenters. The van der Waals surface area contributed by atoms with Crippen molar-refractivity contribution in [2.24, 2.45) is 0 Å². The van der Waals surface area contributed by atoms with E-state index in [-0.39, 0.29) is 6.10 Å². The monoisotopic (exact) mass is 202 g/mol. The average molecular weight is 202 g/mol. The van der Waals surface area contributed by atoms with E-state index in [2.05, 4.69) is 16.8 Å². The molecule has 0 aromatic heterocycles. The van der Waals surface area contributed by atoms with E-state index in [0.29, 0.717) is 13.2 Å². The van der Waals surface area contributed by atoms with Crippen LogP contribution < -0.4 is 0 Å². The van der Waals surface area contributed by atoms with Crippen LogP contribution in [0, 0.1) is 0 Å². The van der Waals surface area contributed by atoms with Gasteiger partial charge in [0.15, 0.2) is 0 Å². The number of hydrogen-bond donors (Lipinski definition) is 1. The SMILES string of the molecule is CCOCC(O)CN1CCN(C)CC1. The number of rotatable bonds is 5. The van der Waals surface area contributed by atoms with Gasteiger partial charge < -0.3 is 14.7 Å². The molecular weight excluding hydrogens is 180 g/mol. The highest BCUT2D eigenvalue weighted by molar-refractivity contribution is 4.71. The first kappa shape index (κ1) is 11.9. The van der Waals surface area contributed by atoms with Gasteiger partial charge in [-0.1, -0.05) is 0 Å². The summed E-state index contributed by atoms with van der Waals surface area (Å²) in [5.41, 5.74) is 0. The van der Waals surface area contributed by atoms with Gasteiger partial charge in [0.05, 0.1) is 12.7 Å². The van der Waals surface area contributed by atoms with Crippen molar-refractivity contribution >= 4 is 0 Å². The van der Waals surface area contributed by atoms with Gasteiger partial charge in [0, 0.05) is 39.3 Å². The minimum Gasteiger partial charge on any atom is -0.389 e. The second kappa shape index (κ2) is 6.35. The molecule has 1 unspecified atom stereocenters. The highest BCUT2D eigenvalue weighted by Gasteiger charge is 2.16. The summed E-state index contributed by atoms with van der Waals surface area (Å²) in [6.45, 7) is 8.14. The summed E-state index contributed by atoms with van der Waals surface area (Å²) in [5, 5.41) is 9.62. The van der Waals surface area contributed by atoms with Gasteiger partial charge in [0.2, 0.25) is 0 Å². The van der Waals surface area contributed by atoms with Crippen LogP contribution in [0.5, 0.6) is 0 Å². The van der Waals surface area contributed by atoms with Gasteiger partial charge >= 0.3 is 0 Å². The maximum Gasteiger partial charge on any atom is 0.0900 e. The van der Waals surface area contributed by atoms with Gasteiger partial charge in [-0.05, 0) is 14.0 Å². The van der Waals surface area contributed by atoms with Crippen molar-refractivity contribution in [3.63, 3.8) is 0 Å². The molecule has 0 radical (unpaired) electrons. The largest absolute Gasteiger partial charge is 0.389 e. The van der Waals surface area contributed by atoms with E-state index in [9.17, 15) is 5.11 Å². The highest BCUT2D eigenvalue weighted by Crippen LogP contribution is 2.00. The summed E-state index contributed by atoms with van der Waals surface area (Å²) >= 11 is 0. The molecule has 1 N–H and O–H groups in total. The normalized spacial score (nSPS) is 22.5. The van der Waals surface area contributed by atoms with Gasteiger partial charge in [0.25, 0.3) is 0 Å². The number of β-amino-alcohol motifs (C(OH)–C–C–N with tert-alkyl or cyclic N) is 1. The molecule has 1 aliphatic heterocycles. The zero-order valence-electron chi connectivity index (χ0n) is 9.28. The summed E-state index contributed by atoms with van der Waals surface area (Å²) in [4.78, 5) is 4.61. The first-order chi connectivity index (χ1) is 6.72. The fraction of sp³-hybridized carbons (Fsp3) is 1.00. The Bertz CT molecular complexity index is 147. The number of aliphatic hydroxyl groups is 1. The second-order valence-corrected chi connectivity index (χ2v) is 3.92. The number of ether oxygens (including phenoxy) is 1. The summed E-state index contributed by atoms with van der Waals surface area (Å²) in [6.07, 6.45) is -0.335. The molecule has 1 heterocycles. The molecule has 4 heteroatoms. The lowest BCUT2D eigenvalue weighted by Gasteiger charge is -2.33. The average Bonchev–Trinajstić information content (AvgIpc) is 2.18. The first-order valence-electron chi connectivity index (χ1n) is 5.39. The van der Waals surface area contributed by atoms with Crippen LogP contribution in [0.25, 0.3) is 0 Å². The van der Waals surface area contributed by atoms with E-state index in [1.54, 1.807) is 0 Å². The molecule has 1 saturated heterocycles. The van der Waals surface area contributed by atoms with Crippen molar-refractivity contribution in [2.45, 2.75) is 13.0 Å². The van der Waals surface area contributed by atoms with Crippen molar-refractivity contribution in [1.29, 1.82) is 0 Å². The molecule has 0 aliphatic carbocycles. The van der Waals surface area contributed by atoms with Crippen LogP contribution >= 0.6 is 0 Å². The Morgan fingerprint density at radius 2 is 1.93 bits per heavy atom. The molecule has 1 aliphatic rings. The van der Waals surface area contributed by atoms with Crippen LogP contribution in [0.2, 0.25) is 0 Å². The van der Waals surface area contributed by atoms with Gasteiger partial charge in [-0.25, -0.2) is 0 Å². The van der Waals surface area contributed by atoms with E-state index < -0.39 is 0 Å². The molecule has 0 amide bonds. The second-order valence-electron chi connectivity index (χ2n) is 3.92. The number of hydrogen-bond acceptors (Lipinski definition) is 4. The minimum atomic E-state index is -0.335. The lowest BCUT2D eigenvalue weighted by atomic mass is 10.3. The standard InChI is InChI=1S/C10H22N2O2/c1-3-14-9-10(13)8-12-6-4-11(2)5-7-12/h10,13H,3-9H2,1-2H3. The van der Waals surface area contributed by atoms with E-state index in [1.165, 1.54) is 0 Å². The van der Waals surface area contributed by atoms with Crippen molar-refractivity contribution in [2.75, 3.05) is 53.0 Å². The van der Waals surface area contributed by atoms with Crippen molar-refractivity contribution in [1.82, 2.24) is 9.80 Å². The number of aliphatic hydroxyl groups excluding tert-OH is 1. The predicted octanol–water partition coefficient (Wildman–Crippen LogP) is -0.369. The third-order valence-electron chi connectivity index (χ3n) is 2.58. The zero-order chi connectivity index (χ0) is 10.4. The quantitative estimate of drug-likeness (QED) is 0.660. The van der Waals surface area contributed by atoms with E-state index in [0.717, 1.165) is 32.7 Å². The fourth-order valence-corrected chi connectivity index (χ4v) is 1.64. The van der Waals surface area contributed by atoms with Crippen LogP contribution in [0.15, 0.2) is 0 Å². The Morgan fingerprint density at radius 3 is 2.50 bits per heavy atom. The molecule has 14 heavy (non-hydrogen) atoms. The van der Waals surface area contributed by atoms with E-state index in [4.69, 9.17) is 4.74 Å². The van der Waals surface area contributed by atoms with E-state index >= 15 is 0 Å². The number of nitrogens with zero attached hydrogens (tertiary/aromatic N) is 2. The smallest absolute Gasteiger partial charge is 0.0900 e. The van der Waals surface area contributed by atoms with Crippen LogP contribution in [0.3, 0.4) is 0 Å². The number of likely N-dealkylation sites (N-methyl/N-ethyl adjacent to an activating group) is 1. The molecule has 4 nitrogen and oxygen atoms in total. The van der Waals surface area contributed by atoms with Crippen molar-refractivity contribution < 1.29 is 9.84 Å². The van der Waals surface area contributed by atoms with Crippen LogP contribution in [0.4, 0.5) is 0 Å². The van der Waals surface area contributed by atoms with Crippen LogP contribution in [-0.4, -0.2) is 74.0 Å². The van der Waals surface area contributed by atoms with Gasteiger partial charge in [0.1, 0.15) is 0 Å². The Morgan fingerprint density at radius 1 is 1.29 bits per heavy atom. The zero-order valence-corrected chi connectivity index (χ0v) is 9.28. The number of piperazine rings is 1. The third kappa shape index (κ3) is 4.37. The molecule has 0 spiro atoms. The Balaban J connectivity index is 2.10. The lowest BCUT2D eigenvalue weighted by molar-refractivity contribution is 0.0127. The topological polar surface area (TPSA) is 35.9 Å². The molecule has 0 aromatic rings. The highest BCUT2D eigenvalue weighted by atomic mass is 16.5. The van der Waals surface area contributed by atoms with Gasteiger partial charge in [-0.3, -0.25) is 4.90 Å². The summed E-state index contributed by atoms with van der Waals surface area (Å²) < 4.78 is 5.17. The molecule has 0 saturated carbocycles. The molecule has 0 bridgehead atoms. The first-order valence-corrected chi connectivity index (χ1v) is 5.39.